The molecule has 0 aromatic rings. The smallest absolute Gasteiger partial charge is 0.305 e. The molecule has 0 unspecified atom stereocenters. The molecule has 0 saturated carbocycles. The Morgan fingerprint density at radius 3 is 1.23 bits per heavy atom. The number of allylic oxidation sites excluding steroid dienone is 4. The second-order valence-electron chi connectivity index (χ2n) is 21.2. The molecule has 3 atom stereocenters. The van der Waals surface area contributed by atoms with Crippen LogP contribution in [-0.2, 0) is 14.3 Å². The predicted octanol–water partition coefficient (Wildman–Crippen LogP) is 18.2. The van der Waals surface area contributed by atoms with Gasteiger partial charge in [-0.25, -0.2) is 0 Å². The van der Waals surface area contributed by atoms with Gasteiger partial charge in [-0.05, 0) is 57.8 Å². The first-order chi connectivity index (χ1) is 34.4. The van der Waals surface area contributed by atoms with E-state index in [0.717, 1.165) is 57.8 Å². The van der Waals surface area contributed by atoms with Gasteiger partial charge in [-0.15, -0.1) is 0 Å². The fourth-order valence-electron chi connectivity index (χ4n) is 9.45. The Balaban J connectivity index is 3.41. The van der Waals surface area contributed by atoms with Crippen LogP contribution in [0.3, 0.4) is 0 Å². The third-order valence-corrected chi connectivity index (χ3v) is 14.2. The maximum atomic E-state index is 12.4. The highest BCUT2D eigenvalue weighted by atomic mass is 16.5. The van der Waals surface area contributed by atoms with Crippen LogP contribution in [0.25, 0.3) is 0 Å². The summed E-state index contributed by atoms with van der Waals surface area (Å²) < 4.78 is 5.48. The molecule has 70 heavy (non-hydrogen) atoms. The normalized spacial score (nSPS) is 13.3. The fraction of sp³-hybridized carbons (Fsp3) is 0.873. The minimum atomic E-state index is -1.02. The molecule has 0 aromatic carbocycles. The van der Waals surface area contributed by atoms with Crippen LogP contribution in [-0.4, -0.2) is 58.7 Å². The van der Waals surface area contributed by atoms with Crippen LogP contribution in [0.15, 0.2) is 36.5 Å². The van der Waals surface area contributed by atoms with Crippen LogP contribution in [0.1, 0.15) is 322 Å². The Morgan fingerprint density at radius 1 is 0.429 bits per heavy atom. The van der Waals surface area contributed by atoms with Crippen LogP contribution in [0.2, 0.25) is 0 Å². The molecule has 0 aromatic heterocycles. The van der Waals surface area contributed by atoms with Crippen LogP contribution in [0.4, 0.5) is 0 Å². The van der Waals surface area contributed by atoms with Gasteiger partial charge in [0, 0.05) is 12.8 Å². The number of hydrogen-bond acceptors (Lipinski definition) is 6. The summed E-state index contributed by atoms with van der Waals surface area (Å²) in [5, 5.41) is 33.3. The van der Waals surface area contributed by atoms with Gasteiger partial charge >= 0.3 is 5.97 Å². The molecule has 0 aliphatic heterocycles. The molecule has 0 spiro atoms. The molecule has 0 heterocycles. The predicted molar refractivity (Wildman–Crippen MR) is 302 cm³/mol. The minimum Gasteiger partial charge on any atom is -0.466 e. The number of amides is 1. The number of carbonyl (C=O) groups is 2. The van der Waals surface area contributed by atoms with E-state index in [1.54, 1.807) is 6.08 Å². The standard InChI is InChI=1S/C63H119NO6/c1-3-5-7-9-11-13-14-15-27-31-34-38-42-46-50-54-63(69)70-57-51-47-43-39-35-32-29-26-24-22-20-18-16-17-19-21-23-25-28-30-33-37-41-45-49-53-62(68)64-60(58-65)61(67)56-55-59(66)52-48-44-40-36-12-10-8-6-4-2/h11,13,15,27,55-56,59-61,65-67H,3-10,12,14,16-26,28-54,57-58H2,1-2H3,(H,64,68)/b13-11-,27-15-,56-55+/t59-,60+,61-/m1/s1. The fourth-order valence-corrected chi connectivity index (χ4v) is 9.45. The van der Waals surface area contributed by atoms with Crippen molar-refractivity contribution in [2.45, 2.75) is 340 Å². The average Bonchev–Trinajstić information content (AvgIpc) is 3.36. The van der Waals surface area contributed by atoms with Crippen LogP contribution in [0, 0.1) is 0 Å². The van der Waals surface area contributed by atoms with Gasteiger partial charge in [-0.2, -0.15) is 0 Å². The third kappa shape index (κ3) is 53.8. The maximum Gasteiger partial charge on any atom is 0.305 e. The lowest BCUT2D eigenvalue weighted by Crippen LogP contribution is -2.45. The third-order valence-electron chi connectivity index (χ3n) is 14.2. The van der Waals surface area contributed by atoms with E-state index in [1.807, 2.05) is 0 Å². The molecule has 7 heteroatoms. The van der Waals surface area contributed by atoms with Crippen molar-refractivity contribution in [3.05, 3.63) is 36.5 Å². The highest BCUT2D eigenvalue weighted by Crippen LogP contribution is 2.17. The van der Waals surface area contributed by atoms with Crippen molar-refractivity contribution in [1.82, 2.24) is 5.32 Å². The van der Waals surface area contributed by atoms with E-state index >= 15 is 0 Å². The second kappa shape index (κ2) is 57.9. The number of carbonyl (C=O) groups excluding carboxylic acids is 2. The molecular formula is C63H119NO6. The molecule has 0 bridgehead atoms. The molecule has 0 rings (SSSR count). The lowest BCUT2D eigenvalue weighted by Gasteiger charge is -2.20. The molecule has 1 amide bonds. The summed E-state index contributed by atoms with van der Waals surface area (Å²) in [6, 6.07) is -0.748. The van der Waals surface area contributed by atoms with E-state index in [1.165, 1.54) is 237 Å². The van der Waals surface area contributed by atoms with Crippen LogP contribution in [0.5, 0.6) is 0 Å². The number of esters is 1. The SMILES string of the molecule is CCCCC/C=C\C/C=C\CCCCCCCC(=O)OCCCCCCCCCCCCCCCCCCCCCCCCCCCC(=O)N[C@@H](CO)[C@H](O)/C=C/[C@H](O)CCCCCCCCCCC. The number of hydrogen-bond donors (Lipinski definition) is 4. The highest BCUT2D eigenvalue weighted by molar-refractivity contribution is 5.76. The van der Waals surface area contributed by atoms with E-state index in [9.17, 15) is 24.9 Å². The number of ether oxygens (including phenoxy) is 1. The topological polar surface area (TPSA) is 116 Å². The first-order valence-corrected chi connectivity index (χ1v) is 30.8. The monoisotopic (exact) mass is 986 g/mol. The van der Waals surface area contributed by atoms with Gasteiger partial charge in [0.2, 0.25) is 5.91 Å². The van der Waals surface area contributed by atoms with E-state index in [4.69, 9.17) is 4.74 Å². The Morgan fingerprint density at radius 2 is 0.786 bits per heavy atom. The van der Waals surface area contributed by atoms with Crippen molar-refractivity contribution in [3.63, 3.8) is 0 Å². The zero-order valence-corrected chi connectivity index (χ0v) is 46.6. The lowest BCUT2D eigenvalue weighted by molar-refractivity contribution is -0.143. The zero-order valence-electron chi connectivity index (χ0n) is 46.6. The van der Waals surface area contributed by atoms with Crippen molar-refractivity contribution in [2.75, 3.05) is 13.2 Å². The number of unbranched alkanes of at least 4 members (excludes halogenated alkanes) is 40. The van der Waals surface area contributed by atoms with Crippen molar-refractivity contribution < 1.29 is 29.6 Å². The highest BCUT2D eigenvalue weighted by Gasteiger charge is 2.18. The first kappa shape index (κ1) is 68.0. The number of aliphatic hydroxyl groups excluding tert-OH is 3. The van der Waals surface area contributed by atoms with E-state index in [-0.39, 0.29) is 18.5 Å². The van der Waals surface area contributed by atoms with Gasteiger partial charge in [0.1, 0.15) is 0 Å². The average molecular weight is 987 g/mol. The summed E-state index contributed by atoms with van der Waals surface area (Å²) in [7, 11) is 0. The molecule has 0 aliphatic rings. The van der Waals surface area contributed by atoms with E-state index in [0.29, 0.717) is 25.9 Å². The van der Waals surface area contributed by atoms with Gasteiger partial charge in [0.05, 0.1) is 31.5 Å². The Labute approximate surface area is 435 Å². The molecule has 4 N–H and O–H groups in total. The van der Waals surface area contributed by atoms with Crippen molar-refractivity contribution in [2.24, 2.45) is 0 Å². The first-order valence-electron chi connectivity index (χ1n) is 30.8. The number of rotatable bonds is 57. The maximum absolute atomic E-state index is 12.4. The summed E-state index contributed by atoms with van der Waals surface area (Å²) in [4.78, 5) is 24.5. The van der Waals surface area contributed by atoms with Crippen molar-refractivity contribution >= 4 is 11.9 Å². The van der Waals surface area contributed by atoms with Gasteiger partial charge in [0.15, 0.2) is 0 Å². The Bertz CT molecular complexity index is 1150. The van der Waals surface area contributed by atoms with Gasteiger partial charge in [-0.3, -0.25) is 9.59 Å². The zero-order chi connectivity index (χ0) is 50.9. The van der Waals surface area contributed by atoms with E-state index in [2.05, 4.69) is 43.5 Å². The lowest BCUT2D eigenvalue weighted by atomic mass is 10.0. The van der Waals surface area contributed by atoms with Gasteiger partial charge in [-0.1, -0.05) is 288 Å². The molecular weight excluding hydrogens is 867 g/mol. The molecule has 7 nitrogen and oxygen atoms in total. The summed E-state index contributed by atoms with van der Waals surface area (Å²) in [5.74, 6) is -0.132. The van der Waals surface area contributed by atoms with Crippen LogP contribution >= 0.6 is 0 Å². The largest absolute Gasteiger partial charge is 0.466 e. The molecule has 412 valence electrons. The summed E-state index contributed by atoms with van der Waals surface area (Å²) in [5.41, 5.74) is 0. The van der Waals surface area contributed by atoms with Gasteiger partial charge in [0.25, 0.3) is 0 Å². The second-order valence-corrected chi connectivity index (χ2v) is 21.2. The number of nitrogens with one attached hydrogen (secondary N) is 1. The van der Waals surface area contributed by atoms with Gasteiger partial charge < -0.3 is 25.4 Å². The molecule has 0 fully saturated rings. The molecule has 0 saturated heterocycles. The Hall–Kier alpha value is -1.96. The van der Waals surface area contributed by atoms with Crippen molar-refractivity contribution in [3.8, 4) is 0 Å². The molecule has 0 aliphatic carbocycles. The van der Waals surface area contributed by atoms with E-state index < -0.39 is 18.2 Å². The number of aliphatic hydroxyl groups is 3. The van der Waals surface area contributed by atoms with Crippen LogP contribution < -0.4 is 5.32 Å². The quantitative estimate of drug-likeness (QED) is 0.0274. The molecule has 0 radical (unpaired) electrons. The summed E-state index contributed by atoms with van der Waals surface area (Å²) >= 11 is 0. The summed E-state index contributed by atoms with van der Waals surface area (Å²) in [6.45, 7) is 4.76. The van der Waals surface area contributed by atoms with Crippen molar-refractivity contribution in [1.29, 1.82) is 0 Å². The Kier molecular flexibility index (Phi) is 56.3. The summed E-state index contributed by atoms with van der Waals surface area (Å²) in [6.07, 6.45) is 69.2. The minimum absolute atomic E-state index is 0.00126.